The zero-order valence-corrected chi connectivity index (χ0v) is 13.3. The van der Waals surface area contributed by atoms with Gasteiger partial charge >= 0.3 is 0 Å². The van der Waals surface area contributed by atoms with Crippen LogP contribution in [0, 0.1) is 5.92 Å². The molecule has 23 heavy (non-hydrogen) atoms. The lowest BCUT2D eigenvalue weighted by Crippen LogP contribution is -2.29. The molecule has 0 bridgehead atoms. The smallest absolute Gasteiger partial charge is 0.0730 e. The van der Waals surface area contributed by atoms with E-state index < -0.39 is 0 Å². The Morgan fingerprint density at radius 2 is 1.43 bits per heavy atom. The van der Waals surface area contributed by atoms with Gasteiger partial charge in [-0.1, -0.05) is 36.4 Å². The molecule has 3 nitrogen and oxygen atoms in total. The number of benzene rings is 2. The minimum absolute atomic E-state index is 0.411. The summed E-state index contributed by atoms with van der Waals surface area (Å²) in [5.74, 6) is 0.723. The number of anilines is 1. The molecule has 4 rings (SSSR count). The molecule has 1 saturated carbocycles. The van der Waals surface area contributed by atoms with Crippen molar-refractivity contribution in [2.45, 2.75) is 31.7 Å². The van der Waals surface area contributed by atoms with Crippen LogP contribution < -0.4 is 11.1 Å². The molecule has 3 N–H and O–H groups in total. The topological polar surface area (TPSA) is 50.9 Å². The largest absolute Gasteiger partial charge is 0.384 e. The van der Waals surface area contributed by atoms with E-state index in [1.165, 1.54) is 29.3 Å². The molecular weight excluding hydrogens is 282 g/mol. The minimum Gasteiger partial charge on any atom is -0.384 e. The van der Waals surface area contributed by atoms with E-state index in [2.05, 4.69) is 53.8 Å². The van der Waals surface area contributed by atoms with E-state index in [4.69, 9.17) is 10.7 Å². The van der Waals surface area contributed by atoms with Crippen LogP contribution in [0.5, 0.6) is 0 Å². The highest BCUT2D eigenvalue weighted by Gasteiger charge is 2.19. The van der Waals surface area contributed by atoms with Crippen molar-refractivity contribution in [1.29, 1.82) is 0 Å². The molecule has 3 aromatic rings. The van der Waals surface area contributed by atoms with Crippen LogP contribution in [0.4, 0.5) is 5.69 Å². The van der Waals surface area contributed by atoms with Gasteiger partial charge < -0.3 is 11.1 Å². The van der Waals surface area contributed by atoms with Crippen LogP contribution in [-0.2, 0) is 0 Å². The van der Waals surface area contributed by atoms with Gasteiger partial charge in [0.2, 0.25) is 0 Å². The number of aromatic nitrogens is 1. The van der Waals surface area contributed by atoms with Crippen molar-refractivity contribution < 1.29 is 0 Å². The van der Waals surface area contributed by atoms with Crippen molar-refractivity contribution in [3.63, 3.8) is 0 Å². The summed E-state index contributed by atoms with van der Waals surface area (Å²) in [5.41, 5.74) is 9.36. The number of para-hydroxylation sites is 2. The molecule has 0 unspecified atom stereocenters. The van der Waals surface area contributed by atoms with Crippen LogP contribution in [0.1, 0.15) is 25.7 Å². The summed E-state index contributed by atoms with van der Waals surface area (Å²) in [6, 6.07) is 17.2. The van der Waals surface area contributed by atoms with Crippen molar-refractivity contribution in [3.05, 3.63) is 48.5 Å². The van der Waals surface area contributed by atoms with Gasteiger partial charge in [0.1, 0.15) is 0 Å². The second-order valence-corrected chi connectivity index (χ2v) is 6.68. The third-order valence-electron chi connectivity index (χ3n) is 5.05. The standard InChI is InChI=1S/C20H23N3/c21-15-11-9-14(10-12-15)13-22-20-16-5-1-3-7-18(16)23-19-8-4-2-6-17(19)20/h1-8,14-15H,9-13,21H2,(H,22,23)/t14-,15-. The molecule has 1 aliphatic rings. The second-order valence-electron chi connectivity index (χ2n) is 6.68. The zero-order valence-electron chi connectivity index (χ0n) is 13.3. The van der Waals surface area contributed by atoms with Crippen LogP contribution in [0.15, 0.2) is 48.5 Å². The lowest BCUT2D eigenvalue weighted by molar-refractivity contribution is 0.339. The molecule has 0 radical (unpaired) electrons. The summed E-state index contributed by atoms with van der Waals surface area (Å²) >= 11 is 0. The Balaban J connectivity index is 1.68. The molecule has 2 aromatic carbocycles. The van der Waals surface area contributed by atoms with Crippen LogP contribution >= 0.6 is 0 Å². The summed E-state index contributed by atoms with van der Waals surface area (Å²) in [6.45, 7) is 1.02. The average Bonchev–Trinajstić information content (AvgIpc) is 2.60. The number of hydrogen-bond acceptors (Lipinski definition) is 3. The van der Waals surface area contributed by atoms with Crippen molar-refractivity contribution >= 4 is 27.5 Å². The monoisotopic (exact) mass is 305 g/mol. The number of pyridine rings is 1. The molecule has 0 aliphatic heterocycles. The first-order valence-corrected chi connectivity index (χ1v) is 8.58. The fourth-order valence-corrected chi connectivity index (χ4v) is 3.67. The third-order valence-corrected chi connectivity index (χ3v) is 5.05. The van der Waals surface area contributed by atoms with Gasteiger partial charge in [0.25, 0.3) is 0 Å². The van der Waals surface area contributed by atoms with E-state index in [0.29, 0.717) is 6.04 Å². The average molecular weight is 305 g/mol. The maximum absolute atomic E-state index is 6.02. The molecule has 1 aromatic heterocycles. The van der Waals surface area contributed by atoms with E-state index in [1.54, 1.807) is 0 Å². The summed E-state index contributed by atoms with van der Waals surface area (Å²) in [6.07, 6.45) is 4.78. The Labute approximate surface area is 136 Å². The second kappa shape index (κ2) is 6.17. The van der Waals surface area contributed by atoms with E-state index in [9.17, 15) is 0 Å². The molecule has 1 heterocycles. The predicted octanol–water partition coefficient (Wildman–Crippen LogP) is 4.32. The first-order valence-electron chi connectivity index (χ1n) is 8.58. The molecule has 1 fully saturated rings. The molecule has 0 saturated heterocycles. The number of rotatable bonds is 3. The number of nitrogens with two attached hydrogens (primary N) is 1. The molecule has 3 heteroatoms. The maximum Gasteiger partial charge on any atom is 0.0730 e. The van der Waals surface area contributed by atoms with Gasteiger partial charge in [-0.2, -0.15) is 0 Å². The Bertz CT molecular complexity index is 765. The van der Waals surface area contributed by atoms with Crippen LogP contribution in [0.25, 0.3) is 21.8 Å². The van der Waals surface area contributed by atoms with Crippen molar-refractivity contribution in [3.8, 4) is 0 Å². The first-order chi connectivity index (χ1) is 11.3. The van der Waals surface area contributed by atoms with Gasteiger partial charge in [-0.05, 0) is 43.7 Å². The lowest BCUT2D eigenvalue weighted by Gasteiger charge is -2.27. The highest BCUT2D eigenvalue weighted by atomic mass is 14.9. The van der Waals surface area contributed by atoms with E-state index >= 15 is 0 Å². The molecule has 118 valence electrons. The van der Waals surface area contributed by atoms with Crippen molar-refractivity contribution in [2.75, 3.05) is 11.9 Å². The molecule has 0 spiro atoms. The van der Waals surface area contributed by atoms with Crippen LogP contribution in [0.3, 0.4) is 0 Å². The fourth-order valence-electron chi connectivity index (χ4n) is 3.67. The van der Waals surface area contributed by atoms with Gasteiger partial charge in [-0.3, -0.25) is 0 Å². The minimum atomic E-state index is 0.411. The van der Waals surface area contributed by atoms with Gasteiger partial charge in [-0.15, -0.1) is 0 Å². The number of hydrogen-bond donors (Lipinski definition) is 2. The third kappa shape index (κ3) is 2.89. The predicted molar refractivity (Wildman–Crippen MR) is 97.7 cm³/mol. The van der Waals surface area contributed by atoms with E-state index in [1.807, 2.05) is 0 Å². The Morgan fingerprint density at radius 3 is 2.04 bits per heavy atom. The summed E-state index contributed by atoms with van der Waals surface area (Å²) in [5, 5.41) is 6.15. The lowest BCUT2D eigenvalue weighted by atomic mass is 9.86. The van der Waals surface area contributed by atoms with Gasteiger partial charge in [0.15, 0.2) is 0 Å². The molecule has 0 amide bonds. The summed E-state index contributed by atoms with van der Waals surface area (Å²) in [4.78, 5) is 4.79. The first kappa shape index (κ1) is 14.5. The highest BCUT2D eigenvalue weighted by Crippen LogP contribution is 2.31. The normalized spacial score (nSPS) is 21.6. The SMILES string of the molecule is N[C@H]1CC[C@H](CNc2c3ccccc3nc3ccccc23)CC1. The van der Waals surface area contributed by atoms with Gasteiger partial charge in [-0.25, -0.2) is 4.98 Å². The van der Waals surface area contributed by atoms with Crippen LogP contribution in [0.2, 0.25) is 0 Å². The van der Waals surface area contributed by atoms with Crippen molar-refractivity contribution in [1.82, 2.24) is 4.98 Å². The van der Waals surface area contributed by atoms with Gasteiger partial charge in [0, 0.05) is 23.4 Å². The molecule has 1 aliphatic carbocycles. The molecule has 0 atom stereocenters. The number of nitrogens with one attached hydrogen (secondary N) is 1. The quantitative estimate of drug-likeness (QED) is 0.709. The number of nitrogens with zero attached hydrogens (tertiary/aromatic N) is 1. The van der Waals surface area contributed by atoms with E-state index in [-0.39, 0.29) is 0 Å². The maximum atomic E-state index is 6.02. The van der Waals surface area contributed by atoms with Gasteiger partial charge in [0.05, 0.1) is 16.7 Å². The Morgan fingerprint density at radius 1 is 0.870 bits per heavy atom. The Hall–Kier alpha value is -2.13. The van der Waals surface area contributed by atoms with Crippen LogP contribution in [-0.4, -0.2) is 17.6 Å². The summed E-state index contributed by atoms with van der Waals surface area (Å²) < 4.78 is 0. The number of fused-ring (bicyclic) bond motifs is 2. The van der Waals surface area contributed by atoms with Crippen molar-refractivity contribution in [2.24, 2.45) is 11.7 Å². The Kier molecular flexibility index (Phi) is 3.88. The molecular formula is C20H23N3. The fraction of sp³-hybridized carbons (Fsp3) is 0.350. The summed E-state index contributed by atoms with van der Waals surface area (Å²) in [7, 11) is 0. The van der Waals surface area contributed by atoms with E-state index in [0.717, 1.165) is 36.3 Å². The highest BCUT2D eigenvalue weighted by molar-refractivity contribution is 6.07. The zero-order chi connectivity index (χ0) is 15.6.